The SMILES string of the molecule is COc1cccc(C=C2SC(=Nc3ccccc3)N(C(C)C)C2=O)c1OC. The van der Waals surface area contributed by atoms with Crippen molar-refractivity contribution in [3.05, 3.63) is 59.0 Å². The predicted octanol–water partition coefficient (Wildman–Crippen LogP) is 4.72. The van der Waals surface area contributed by atoms with Crippen molar-refractivity contribution in [2.45, 2.75) is 19.9 Å². The van der Waals surface area contributed by atoms with E-state index in [2.05, 4.69) is 4.99 Å². The Morgan fingerprint density at radius 2 is 1.78 bits per heavy atom. The van der Waals surface area contributed by atoms with Crippen molar-refractivity contribution in [2.75, 3.05) is 14.2 Å². The third-order valence-corrected chi connectivity index (χ3v) is 5.04. The molecule has 1 heterocycles. The molecule has 1 aliphatic rings. The van der Waals surface area contributed by atoms with Crippen LogP contribution in [-0.2, 0) is 4.79 Å². The second-order valence-electron chi connectivity index (χ2n) is 6.19. The maximum Gasteiger partial charge on any atom is 0.266 e. The molecule has 0 atom stereocenters. The zero-order valence-electron chi connectivity index (χ0n) is 15.8. The number of carbonyl (C=O) groups is 1. The maximum atomic E-state index is 13.0. The molecule has 0 aliphatic carbocycles. The van der Waals surface area contributed by atoms with E-state index in [0.29, 0.717) is 21.6 Å². The van der Waals surface area contributed by atoms with Gasteiger partial charge in [0.05, 0.1) is 24.8 Å². The quantitative estimate of drug-likeness (QED) is 0.703. The Morgan fingerprint density at radius 3 is 2.41 bits per heavy atom. The Morgan fingerprint density at radius 1 is 1.04 bits per heavy atom. The number of hydrogen-bond donors (Lipinski definition) is 0. The van der Waals surface area contributed by atoms with Gasteiger partial charge in [-0.15, -0.1) is 0 Å². The van der Waals surface area contributed by atoms with Crippen LogP contribution in [0.4, 0.5) is 5.69 Å². The van der Waals surface area contributed by atoms with Gasteiger partial charge in [0.1, 0.15) is 0 Å². The molecule has 1 fully saturated rings. The van der Waals surface area contributed by atoms with Crippen molar-refractivity contribution in [1.29, 1.82) is 0 Å². The monoisotopic (exact) mass is 382 g/mol. The zero-order valence-corrected chi connectivity index (χ0v) is 16.6. The summed E-state index contributed by atoms with van der Waals surface area (Å²) >= 11 is 1.37. The third kappa shape index (κ3) is 4.01. The van der Waals surface area contributed by atoms with Gasteiger partial charge in [-0.1, -0.05) is 30.3 Å². The van der Waals surface area contributed by atoms with E-state index in [4.69, 9.17) is 9.47 Å². The number of carbonyl (C=O) groups excluding carboxylic acids is 1. The number of methoxy groups -OCH3 is 2. The molecule has 0 radical (unpaired) electrons. The van der Waals surface area contributed by atoms with Crippen molar-refractivity contribution >= 4 is 34.6 Å². The number of hydrogen-bond acceptors (Lipinski definition) is 5. The Labute approximate surface area is 163 Å². The standard InChI is InChI=1S/C21H22N2O3S/c1-14(2)23-20(24)18(27-21(23)22-16-10-6-5-7-11-16)13-15-9-8-12-17(25-3)19(15)26-4/h5-14H,1-4H3. The first kappa shape index (κ1) is 19.0. The van der Waals surface area contributed by atoms with E-state index in [1.54, 1.807) is 19.1 Å². The molecule has 3 rings (SSSR count). The van der Waals surface area contributed by atoms with E-state index in [1.807, 2.05) is 68.5 Å². The molecule has 5 nitrogen and oxygen atoms in total. The summed E-state index contributed by atoms with van der Waals surface area (Å²) in [6, 6.07) is 15.2. The summed E-state index contributed by atoms with van der Waals surface area (Å²) in [6.45, 7) is 3.96. The highest BCUT2D eigenvalue weighted by Gasteiger charge is 2.35. The summed E-state index contributed by atoms with van der Waals surface area (Å²) < 4.78 is 10.8. The third-order valence-electron chi connectivity index (χ3n) is 4.05. The molecule has 1 amide bonds. The lowest BCUT2D eigenvalue weighted by molar-refractivity contribution is -0.123. The molecule has 1 saturated heterocycles. The van der Waals surface area contributed by atoms with E-state index in [-0.39, 0.29) is 11.9 Å². The van der Waals surface area contributed by atoms with E-state index >= 15 is 0 Å². The van der Waals surface area contributed by atoms with Crippen molar-refractivity contribution in [3.63, 3.8) is 0 Å². The summed E-state index contributed by atoms with van der Waals surface area (Å²) in [5.74, 6) is 1.17. The van der Waals surface area contributed by atoms with E-state index in [9.17, 15) is 4.79 Å². The first-order valence-corrected chi connectivity index (χ1v) is 9.44. The zero-order chi connectivity index (χ0) is 19.4. The minimum atomic E-state index is -0.0606. The van der Waals surface area contributed by atoms with E-state index < -0.39 is 0 Å². The van der Waals surface area contributed by atoms with Crippen LogP contribution in [0.15, 0.2) is 58.4 Å². The second kappa shape index (κ2) is 8.31. The first-order valence-electron chi connectivity index (χ1n) is 8.63. The molecule has 0 N–H and O–H groups in total. The Bertz CT molecular complexity index is 892. The molecule has 0 spiro atoms. The van der Waals surface area contributed by atoms with Crippen LogP contribution in [0, 0.1) is 0 Å². The van der Waals surface area contributed by atoms with E-state index in [1.165, 1.54) is 11.8 Å². The lowest BCUT2D eigenvalue weighted by Gasteiger charge is -2.19. The lowest BCUT2D eigenvalue weighted by atomic mass is 10.1. The van der Waals surface area contributed by atoms with Gasteiger partial charge in [0.25, 0.3) is 5.91 Å². The van der Waals surface area contributed by atoms with Crippen LogP contribution in [0.5, 0.6) is 11.5 Å². The number of aliphatic imine (C=N–C) groups is 1. The molecule has 0 bridgehead atoms. The van der Waals surface area contributed by atoms with Crippen molar-refractivity contribution in [2.24, 2.45) is 4.99 Å². The second-order valence-corrected chi connectivity index (χ2v) is 7.20. The number of benzene rings is 2. The average Bonchev–Trinajstić information content (AvgIpc) is 2.97. The predicted molar refractivity (Wildman–Crippen MR) is 111 cm³/mol. The van der Waals surface area contributed by atoms with Gasteiger partial charge in [0.15, 0.2) is 16.7 Å². The Kier molecular flexibility index (Phi) is 5.86. The molecule has 6 heteroatoms. The van der Waals surface area contributed by atoms with Crippen molar-refractivity contribution in [3.8, 4) is 11.5 Å². The first-order chi connectivity index (χ1) is 13.0. The molecule has 0 saturated carbocycles. The fourth-order valence-electron chi connectivity index (χ4n) is 2.80. The van der Waals surface area contributed by atoms with Gasteiger partial charge in [-0.05, 0) is 49.9 Å². The van der Waals surface area contributed by atoms with Crippen LogP contribution >= 0.6 is 11.8 Å². The summed E-state index contributed by atoms with van der Waals surface area (Å²) in [5.41, 5.74) is 1.61. The van der Waals surface area contributed by atoms with Crippen LogP contribution in [0.2, 0.25) is 0 Å². The molecule has 0 aromatic heterocycles. The highest BCUT2D eigenvalue weighted by atomic mass is 32.2. The van der Waals surface area contributed by atoms with Crippen LogP contribution < -0.4 is 9.47 Å². The molecule has 140 valence electrons. The number of nitrogens with zero attached hydrogens (tertiary/aromatic N) is 2. The molecule has 0 unspecified atom stereocenters. The topological polar surface area (TPSA) is 51.1 Å². The van der Waals surface area contributed by atoms with Crippen LogP contribution in [0.3, 0.4) is 0 Å². The van der Waals surface area contributed by atoms with Gasteiger partial charge >= 0.3 is 0 Å². The number of ether oxygens (including phenoxy) is 2. The summed E-state index contributed by atoms with van der Waals surface area (Å²) in [4.78, 5) is 20.0. The minimum Gasteiger partial charge on any atom is -0.493 e. The number of amidine groups is 1. The minimum absolute atomic E-state index is 0.00515. The van der Waals surface area contributed by atoms with Gasteiger partial charge in [-0.25, -0.2) is 4.99 Å². The number of rotatable bonds is 5. The smallest absolute Gasteiger partial charge is 0.266 e. The molecule has 2 aromatic carbocycles. The lowest BCUT2D eigenvalue weighted by Crippen LogP contribution is -2.35. The normalized spacial score (nSPS) is 17.2. The molecule has 1 aliphatic heterocycles. The maximum absolute atomic E-state index is 13.0. The van der Waals surface area contributed by atoms with Crippen LogP contribution in [0.1, 0.15) is 19.4 Å². The number of amides is 1. The van der Waals surface area contributed by atoms with Crippen LogP contribution in [0.25, 0.3) is 6.08 Å². The summed E-state index contributed by atoms with van der Waals surface area (Å²) in [6.07, 6.45) is 1.83. The highest BCUT2D eigenvalue weighted by Crippen LogP contribution is 2.38. The molecule has 27 heavy (non-hydrogen) atoms. The van der Waals surface area contributed by atoms with Gasteiger partial charge in [0, 0.05) is 11.6 Å². The average molecular weight is 382 g/mol. The molecular formula is C21H22N2O3S. The fraction of sp³-hybridized carbons (Fsp3) is 0.238. The van der Waals surface area contributed by atoms with Crippen molar-refractivity contribution in [1.82, 2.24) is 4.90 Å². The largest absolute Gasteiger partial charge is 0.493 e. The van der Waals surface area contributed by atoms with E-state index in [0.717, 1.165) is 11.3 Å². The van der Waals surface area contributed by atoms with Crippen LogP contribution in [-0.4, -0.2) is 36.2 Å². The summed E-state index contributed by atoms with van der Waals surface area (Å²) in [5, 5.41) is 0.675. The molecule has 2 aromatic rings. The van der Waals surface area contributed by atoms with Gasteiger partial charge in [-0.3, -0.25) is 9.69 Å². The highest BCUT2D eigenvalue weighted by molar-refractivity contribution is 8.18. The number of para-hydroxylation sites is 2. The number of thioether (sulfide) groups is 1. The van der Waals surface area contributed by atoms with Gasteiger partial charge < -0.3 is 9.47 Å². The Balaban J connectivity index is 2.02. The van der Waals surface area contributed by atoms with Gasteiger partial charge in [0.2, 0.25) is 0 Å². The molecular weight excluding hydrogens is 360 g/mol. The summed E-state index contributed by atoms with van der Waals surface area (Å²) in [7, 11) is 3.18. The fourth-order valence-corrected chi connectivity index (χ4v) is 3.91. The van der Waals surface area contributed by atoms with Crippen molar-refractivity contribution < 1.29 is 14.3 Å². The van der Waals surface area contributed by atoms with Gasteiger partial charge in [-0.2, -0.15) is 0 Å². The Hall–Kier alpha value is -2.73.